The number of carboxylic acid groups (broad SMARTS) is 6. The standard InChI is InChI=1S/2C3H6N6.3C2H2O4/c2*4-1-7-2(5)9-3(6)8-1;3*3-1(4)2(5)6/h2*(H6,4,5,6,7,8,9);3*(H,3,4)(H,5,6). The van der Waals surface area contributed by atoms with Crippen molar-refractivity contribution in [1.82, 2.24) is 29.9 Å². The lowest BCUT2D eigenvalue weighted by molar-refractivity contribution is -0.159. The van der Waals surface area contributed by atoms with Gasteiger partial charge in [-0.25, -0.2) is 28.8 Å². The molecule has 2 heterocycles. The Morgan fingerprint density at radius 3 is 0.472 bits per heavy atom. The van der Waals surface area contributed by atoms with E-state index in [1.165, 1.54) is 0 Å². The van der Waals surface area contributed by atoms with Gasteiger partial charge in [-0.05, 0) is 0 Å². The summed E-state index contributed by atoms with van der Waals surface area (Å²) in [5.41, 5.74) is 30.8. The van der Waals surface area contributed by atoms with Crippen molar-refractivity contribution in [3.8, 4) is 0 Å². The Morgan fingerprint density at radius 2 is 0.417 bits per heavy atom. The molecule has 2 aromatic heterocycles. The van der Waals surface area contributed by atoms with Gasteiger partial charge in [0.15, 0.2) is 0 Å². The van der Waals surface area contributed by atoms with Crippen LogP contribution in [0.15, 0.2) is 0 Å². The van der Waals surface area contributed by atoms with Crippen molar-refractivity contribution >= 4 is 71.5 Å². The largest absolute Gasteiger partial charge is 0.473 e. The summed E-state index contributed by atoms with van der Waals surface area (Å²) in [6.07, 6.45) is 0. The molecule has 18 N–H and O–H groups in total. The van der Waals surface area contributed by atoms with Crippen LogP contribution < -0.4 is 34.4 Å². The van der Waals surface area contributed by atoms with E-state index in [1.807, 2.05) is 0 Å². The van der Waals surface area contributed by atoms with Crippen molar-refractivity contribution in [2.45, 2.75) is 0 Å². The smallest absolute Gasteiger partial charge is 0.414 e. The molecular weight excluding hydrogens is 504 g/mol. The van der Waals surface area contributed by atoms with Gasteiger partial charge in [-0.2, -0.15) is 29.9 Å². The summed E-state index contributed by atoms with van der Waals surface area (Å²) in [5, 5.41) is 44.3. The molecule has 36 heavy (non-hydrogen) atoms. The van der Waals surface area contributed by atoms with Gasteiger partial charge in [0.25, 0.3) is 0 Å². The van der Waals surface area contributed by atoms with Gasteiger partial charge in [0.1, 0.15) is 0 Å². The molecule has 198 valence electrons. The van der Waals surface area contributed by atoms with Gasteiger partial charge in [-0.3, -0.25) is 0 Å². The van der Waals surface area contributed by atoms with Crippen LogP contribution in [-0.4, -0.2) is 96.4 Å². The molecule has 0 aliphatic carbocycles. The van der Waals surface area contributed by atoms with Crippen LogP contribution in [-0.2, 0) is 28.8 Å². The van der Waals surface area contributed by atoms with E-state index in [0.29, 0.717) is 0 Å². The first-order valence-corrected chi connectivity index (χ1v) is 7.73. The van der Waals surface area contributed by atoms with Crippen molar-refractivity contribution < 1.29 is 59.4 Å². The topological polar surface area (TPSA) is 457 Å². The zero-order chi connectivity index (χ0) is 29.2. The summed E-state index contributed by atoms with van der Waals surface area (Å²) in [6.45, 7) is 0. The predicted molar refractivity (Wildman–Crippen MR) is 112 cm³/mol. The van der Waals surface area contributed by atoms with Crippen LogP contribution in [0, 0.1) is 0 Å². The van der Waals surface area contributed by atoms with E-state index in [1.54, 1.807) is 0 Å². The van der Waals surface area contributed by atoms with E-state index in [4.69, 9.17) is 93.8 Å². The molecule has 0 bridgehead atoms. The molecule has 0 saturated carbocycles. The number of carboxylic acids is 6. The SMILES string of the molecule is Nc1nc(N)nc(N)n1.Nc1nc(N)nc(N)n1.O=C(O)C(=O)O.O=C(O)C(=O)O.O=C(O)C(=O)O. The third-order valence-electron chi connectivity index (χ3n) is 1.92. The second-order valence-corrected chi connectivity index (χ2v) is 4.65. The lowest BCUT2D eigenvalue weighted by Gasteiger charge is -1.93. The van der Waals surface area contributed by atoms with E-state index < -0.39 is 35.8 Å². The first kappa shape index (κ1) is 34.3. The van der Waals surface area contributed by atoms with E-state index in [2.05, 4.69) is 29.9 Å². The molecule has 0 aliphatic rings. The summed E-state index contributed by atoms with van der Waals surface area (Å²) >= 11 is 0. The summed E-state index contributed by atoms with van der Waals surface area (Å²) < 4.78 is 0. The maximum atomic E-state index is 9.10. The Balaban J connectivity index is -0.000000385. The average Bonchev–Trinajstić information content (AvgIpc) is 2.67. The average molecular weight is 522 g/mol. The minimum absolute atomic E-state index is 0.0417. The number of anilines is 6. The molecule has 0 atom stereocenters. The minimum atomic E-state index is -1.82. The Morgan fingerprint density at radius 1 is 0.333 bits per heavy atom. The van der Waals surface area contributed by atoms with Crippen molar-refractivity contribution in [2.24, 2.45) is 0 Å². The molecule has 0 saturated heterocycles. The van der Waals surface area contributed by atoms with E-state index in [9.17, 15) is 0 Å². The van der Waals surface area contributed by atoms with Crippen LogP contribution in [0.25, 0.3) is 0 Å². The van der Waals surface area contributed by atoms with E-state index >= 15 is 0 Å². The van der Waals surface area contributed by atoms with Gasteiger partial charge in [0.2, 0.25) is 35.7 Å². The number of nitrogens with two attached hydrogens (primary N) is 6. The first-order chi connectivity index (χ1) is 16.3. The van der Waals surface area contributed by atoms with E-state index in [-0.39, 0.29) is 35.7 Å². The van der Waals surface area contributed by atoms with Gasteiger partial charge in [0.05, 0.1) is 0 Å². The quantitative estimate of drug-likeness (QED) is 0.144. The van der Waals surface area contributed by atoms with Crippen molar-refractivity contribution in [3.05, 3.63) is 0 Å². The fourth-order valence-corrected chi connectivity index (χ4v) is 0.854. The molecule has 0 aliphatic heterocycles. The first-order valence-electron chi connectivity index (χ1n) is 7.73. The minimum Gasteiger partial charge on any atom is -0.473 e. The fourth-order valence-electron chi connectivity index (χ4n) is 0.854. The highest BCUT2D eigenvalue weighted by molar-refractivity contribution is 6.28. The summed E-state index contributed by atoms with van der Waals surface area (Å²) in [7, 11) is 0. The Bertz CT molecular complexity index is 851. The molecule has 24 nitrogen and oxygen atoms in total. The van der Waals surface area contributed by atoms with Crippen molar-refractivity contribution in [1.29, 1.82) is 0 Å². The van der Waals surface area contributed by atoms with Gasteiger partial charge in [-0.15, -0.1) is 0 Å². The number of rotatable bonds is 0. The molecule has 0 radical (unpaired) electrons. The number of hydrogen-bond donors (Lipinski definition) is 12. The number of carbonyl (C=O) groups is 6. The van der Waals surface area contributed by atoms with Crippen LogP contribution in [0.3, 0.4) is 0 Å². The number of nitrogen functional groups attached to an aromatic ring is 6. The molecule has 0 spiro atoms. The normalized spacial score (nSPS) is 8.33. The second kappa shape index (κ2) is 17.2. The Labute approximate surface area is 196 Å². The third-order valence-corrected chi connectivity index (χ3v) is 1.92. The Kier molecular flexibility index (Phi) is 16.4. The summed E-state index contributed by atoms with van der Waals surface area (Å²) in [6, 6.07) is 0. The Hall–Kier alpha value is -6.36. The van der Waals surface area contributed by atoms with Gasteiger partial charge in [-0.1, -0.05) is 0 Å². The van der Waals surface area contributed by atoms with Crippen LogP contribution >= 0.6 is 0 Å². The number of nitrogens with zero attached hydrogens (tertiary/aromatic N) is 6. The highest BCUT2D eigenvalue weighted by Crippen LogP contribution is 1.98. The number of aromatic nitrogens is 6. The van der Waals surface area contributed by atoms with Crippen LogP contribution in [0.5, 0.6) is 0 Å². The summed E-state index contributed by atoms with van der Waals surface area (Å²) in [4.78, 5) is 75.5. The zero-order valence-electron chi connectivity index (χ0n) is 17.3. The van der Waals surface area contributed by atoms with E-state index in [0.717, 1.165) is 0 Å². The van der Waals surface area contributed by atoms with Crippen molar-refractivity contribution in [3.63, 3.8) is 0 Å². The van der Waals surface area contributed by atoms with Gasteiger partial charge in [0, 0.05) is 0 Å². The lowest BCUT2D eigenvalue weighted by atomic mass is 10.7. The van der Waals surface area contributed by atoms with Crippen LogP contribution in [0.2, 0.25) is 0 Å². The van der Waals surface area contributed by atoms with Gasteiger partial charge < -0.3 is 65.0 Å². The number of hydrogen-bond acceptors (Lipinski definition) is 18. The highest BCUT2D eigenvalue weighted by atomic mass is 16.5. The molecule has 24 heteroatoms. The van der Waals surface area contributed by atoms with Crippen LogP contribution in [0.1, 0.15) is 0 Å². The maximum absolute atomic E-state index is 9.10. The van der Waals surface area contributed by atoms with Gasteiger partial charge >= 0.3 is 35.8 Å². The molecule has 0 aromatic carbocycles. The highest BCUT2D eigenvalue weighted by Gasteiger charge is 2.05. The number of aliphatic carboxylic acids is 6. The molecular formula is C12H18N12O12. The van der Waals surface area contributed by atoms with Crippen molar-refractivity contribution in [2.75, 3.05) is 34.4 Å². The molecule has 2 rings (SSSR count). The summed E-state index contributed by atoms with van der Waals surface area (Å²) in [5.74, 6) is -10.7. The molecule has 2 aromatic rings. The second-order valence-electron chi connectivity index (χ2n) is 4.65. The zero-order valence-corrected chi connectivity index (χ0v) is 17.3. The lowest BCUT2D eigenvalue weighted by Crippen LogP contribution is -2.09. The molecule has 0 fully saturated rings. The fraction of sp³-hybridized carbons (Fsp3) is 0. The van der Waals surface area contributed by atoms with Crippen LogP contribution in [0.4, 0.5) is 35.7 Å². The maximum Gasteiger partial charge on any atom is 0.414 e. The monoisotopic (exact) mass is 522 g/mol. The molecule has 0 unspecified atom stereocenters. The molecule has 0 amide bonds. The predicted octanol–water partition coefficient (Wildman–Crippen LogP) is -5.30. The third kappa shape index (κ3) is 22.3.